The van der Waals surface area contributed by atoms with Crippen molar-refractivity contribution in [3.05, 3.63) is 95.1 Å². The van der Waals surface area contributed by atoms with Crippen LogP contribution in [0.3, 0.4) is 0 Å². The van der Waals surface area contributed by atoms with Crippen LogP contribution in [0.4, 0.5) is 5.69 Å². The topological polar surface area (TPSA) is 36.0 Å². The standard InChI is InChI=1S/C35H47N3O2/c1-9-36(10-2)30-19-11-27(12-20-30)25-38-32(28-15-17-29(18-16-28)34(3,4)5)37(33(39)35(38,6)7)24-23-26-13-21-31(40-8)22-14-26/h11-22,32H,9-10,23-25H2,1-8H3. The number of rotatable bonds is 10. The van der Waals surface area contributed by atoms with Crippen LogP contribution in [0.25, 0.3) is 0 Å². The first-order valence-electron chi connectivity index (χ1n) is 14.6. The van der Waals surface area contributed by atoms with E-state index in [1.54, 1.807) is 7.11 Å². The smallest absolute Gasteiger partial charge is 0.244 e. The van der Waals surface area contributed by atoms with E-state index in [4.69, 9.17) is 4.74 Å². The molecule has 1 aliphatic heterocycles. The predicted molar refractivity (Wildman–Crippen MR) is 166 cm³/mol. The van der Waals surface area contributed by atoms with Crippen molar-refractivity contribution in [1.29, 1.82) is 0 Å². The van der Waals surface area contributed by atoms with E-state index in [1.165, 1.54) is 22.4 Å². The maximum Gasteiger partial charge on any atom is 0.244 e. The Kier molecular flexibility index (Phi) is 8.94. The average Bonchev–Trinajstić information content (AvgIpc) is 3.13. The molecule has 1 amide bonds. The van der Waals surface area contributed by atoms with Gasteiger partial charge in [0, 0.05) is 31.9 Å². The SMILES string of the molecule is CCN(CC)c1ccc(CN2C(c3ccc(C(C)(C)C)cc3)N(CCc3ccc(OC)cc3)C(=O)C2(C)C)cc1. The van der Waals surface area contributed by atoms with Gasteiger partial charge in [0.15, 0.2) is 0 Å². The maximum absolute atomic E-state index is 14.0. The number of methoxy groups -OCH3 is 1. The molecular weight excluding hydrogens is 494 g/mol. The average molecular weight is 542 g/mol. The number of carbonyl (C=O) groups is 1. The molecule has 0 N–H and O–H groups in total. The van der Waals surface area contributed by atoms with E-state index in [1.807, 2.05) is 12.1 Å². The molecule has 4 rings (SSSR count). The lowest BCUT2D eigenvalue weighted by Crippen LogP contribution is -2.43. The van der Waals surface area contributed by atoms with Crippen LogP contribution in [-0.2, 0) is 23.2 Å². The first-order chi connectivity index (χ1) is 19.0. The Morgan fingerprint density at radius 1 is 0.850 bits per heavy atom. The molecule has 0 bridgehead atoms. The Labute approximate surface area is 241 Å². The molecule has 3 aromatic rings. The van der Waals surface area contributed by atoms with Gasteiger partial charge in [-0.1, -0.05) is 69.3 Å². The van der Waals surface area contributed by atoms with Crippen molar-refractivity contribution in [3.8, 4) is 5.75 Å². The molecule has 0 aliphatic carbocycles. The third kappa shape index (κ3) is 6.20. The van der Waals surface area contributed by atoms with E-state index in [2.05, 4.69) is 124 Å². The van der Waals surface area contributed by atoms with E-state index >= 15 is 0 Å². The van der Waals surface area contributed by atoms with Crippen molar-refractivity contribution in [3.63, 3.8) is 0 Å². The van der Waals surface area contributed by atoms with Gasteiger partial charge in [-0.25, -0.2) is 0 Å². The number of ether oxygens (including phenoxy) is 1. The van der Waals surface area contributed by atoms with Crippen molar-refractivity contribution in [2.45, 2.75) is 78.6 Å². The second-order valence-electron chi connectivity index (χ2n) is 12.4. The Morgan fingerprint density at radius 2 is 1.43 bits per heavy atom. The van der Waals surface area contributed by atoms with E-state index in [0.717, 1.165) is 30.8 Å². The van der Waals surface area contributed by atoms with Crippen molar-refractivity contribution < 1.29 is 9.53 Å². The van der Waals surface area contributed by atoms with Crippen LogP contribution >= 0.6 is 0 Å². The lowest BCUT2D eigenvalue weighted by molar-refractivity contribution is -0.132. The highest BCUT2D eigenvalue weighted by molar-refractivity contribution is 5.88. The normalized spacial score (nSPS) is 17.4. The van der Waals surface area contributed by atoms with Crippen LogP contribution in [-0.4, -0.2) is 48.0 Å². The minimum absolute atomic E-state index is 0.0731. The number of carbonyl (C=O) groups excluding carboxylic acids is 1. The van der Waals surface area contributed by atoms with Gasteiger partial charge < -0.3 is 14.5 Å². The molecule has 1 aliphatic rings. The number of hydrogen-bond acceptors (Lipinski definition) is 4. The molecule has 5 nitrogen and oxygen atoms in total. The molecule has 0 radical (unpaired) electrons. The Balaban J connectivity index is 1.67. The second-order valence-corrected chi connectivity index (χ2v) is 12.4. The third-order valence-corrected chi connectivity index (χ3v) is 8.39. The van der Waals surface area contributed by atoms with Gasteiger partial charge in [-0.3, -0.25) is 9.69 Å². The molecule has 0 spiro atoms. The number of hydrogen-bond donors (Lipinski definition) is 0. The summed E-state index contributed by atoms with van der Waals surface area (Å²) >= 11 is 0. The van der Waals surface area contributed by atoms with Crippen molar-refractivity contribution >= 4 is 11.6 Å². The van der Waals surface area contributed by atoms with E-state index in [9.17, 15) is 4.79 Å². The van der Waals surface area contributed by atoms with Gasteiger partial charge in [-0.15, -0.1) is 0 Å². The largest absolute Gasteiger partial charge is 0.497 e. The zero-order valence-corrected chi connectivity index (χ0v) is 25.7. The van der Waals surface area contributed by atoms with E-state index in [0.29, 0.717) is 13.1 Å². The fourth-order valence-electron chi connectivity index (χ4n) is 5.72. The lowest BCUT2D eigenvalue weighted by atomic mass is 9.86. The molecule has 1 unspecified atom stereocenters. The number of anilines is 1. The van der Waals surface area contributed by atoms with Gasteiger partial charge >= 0.3 is 0 Å². The predicted octanol–water partition coefficient (Wildman–Crippen LogP) is 7.20. The molecule has 1 fully saturated rings. The van der Waals surface area contributed by atoms with Gasteiger partial charge in [0.1, 0.15) is 11.9 Å². The summed E-state index contributed by atoms with van der Waals surface area (Å²) in [6, 6.07) is 25.9. The summed E-state index contributed by atoms with van der Waals surface area (Å²) in [7, 11) is 1.68. The fraction of sp³-hybridized carbons (Fsp3) is 0.457. The van der Waals surface area contributed by atoms with Crippen molar-refractivity contribution in [1.82, 2.24) is 9.80 Å². The summed E-state index contributed by atoms with van der Waals surface area (Å²) in [5.74, 6) is 1.02. The minimum atomic E-state index is -0.634. The van der Waals surface area contributed by atoms with Gasteiger partial charge in [0.05, 0.1) is 12.6 Å². The zero-order chi connectivity index (χ0) is 29.1. The summed E-state index contributed by atoms with van der Waals surface area (Å²) in [6.45, 7) is 18.5. The first-order valence-corrected chi connectivity index (χ1v) is 14.6. The Hall–Kier alpha value is -3.31. The molecular formula is C35H47N3O2. The van der Waals surface area contributed by atoms with Crippen LogP contribution in [0.5, 0.6) is 5.75 Å². The summed E-state index contributed by atoms with van der Waals surface area (Å²) < 4.78 is 5.33. The number of amides is 1. The minimum Gasteiger partial charge on any atom is -0.497 e. The second kappa shape index (κ2) is 12.1. The Morgan fingerprint density at radius 3 is 1.95 bits per heavy atom. The molecule has 5 heteroatoms. The fourth-order valence-corrected chi connectivity index (χ4v) is 5.72. The molecule has 40 heavy (non-hydrogen) atoms. The highest BCUT2D eigenvalue weighted by atomic mass is 16.5. The van der Waals surface area contributed by atoms with Crippen LogP contribution in [0.15, 0.2) is 72.8 Å². The lowest BCUT2D eigenvalue weighted by Gasteiger charge is -2.35. The third-order valence-electron chi connectivity index (χ3n) is 8.39. The summed E-state index contributed by atoms with van der Waals surface area (Å²) in [5.41, 5.74) is 5.53. The molecule has 3 aromatic carbocycles. The summed E-state index contributed by atoms with van der Waals surface area (Å²) in [4.78, 5) is 20.9. The Bertz CT molecular complexity index is 1250. The monoisotopic (exact) mass is 541 g/mol. The molecule has 0 aromatic heterocycles. The quantitative estimate of drug-likeness (QED) is 0.272. The van der Waals surface area contributed by atoms with Crippen LogP contribution in [0.2, 0.25) is 0 Å². The molecule has 214 valence electrons. The number of benzene rings is 3. The van der Waals surface area contributed by atoms with Crippen molar-refractivity contribution in [2.75, 3.05) is 31.6 Å². The molecule has 1 saturated heterocycles. The van der Waals surface area contributed by atoms with Crippen molar-refractivity contribution in [2.24, 2.45) is 0 Å². The van der Waals surface area contributed by atoms with Gasteiger partial charge in [-0.2, -0.15) is 0 Å². The van der Waals surface area contributed by atoms with Crippen LogP contribution < -0.4 is 9.64 Å². The van der Waals surface area contributed by atoms with E-state index in [-0.39, 0.29) is 17.5 Å². The van der Waals surface area contributed by atoms with Gasteiger partial charge in [0.2, 0.25) is 5.91 Å². The van der Waals surface area contributed by atoms with Gasteiger partial charge in [0.25, 0.3) is 0 Å². The molecule has 1 heterocycles. The highest BCUT2D eigenvalue weighted by Crippen LogP contribution is 2.42. The van der Waals surface area contributed by atoms with Gasteiger partial charge in [-0.05, 0) is 86.1 Å². The number of nitrogens with zero attached hydrogens (tertiary/aromatic N) is 3. The van der Waals surface area contributed by atoms with Crippen LogP contribution in [0, 0.1) is 0 Å². The maximum atomic E-state index is 14.0. The van der Waals surface area contributed by atoms with Crippen LogP contribution in [0.1, 0.15) is 76.9 Å². The molecule has 0 saturated carbocycles. The molecule has 1 atom stereocenters. The summed E-state index contributed by atoms with van der Waals surface area (Å²) in [6.07, 6.45) is 0.645. The first kappa shape index (κ1) is 29.7. The summed E-state index contributed by atoms with van der Waals surface area (Å²) in [5, 5.41) is 0. The highest BCUT2D eigenvalue weighted by Gasteiger charge is 2.51. The zero-order valence-electron chi connectivity index (χ0n) is 25.7. The van der Waals surface area contributed by atoms with E-state index < -0.39 is 5.54 Å².